The normalized spacial score (nSPS) is 18.0. The number of unbranched alkanes of at least 4 members (excludes halogenated alkanes) is 6. The van der Waals surface area contributed by atoms with Gasteiger partial charge in [0.2, 0.25) is 17.7 Å². The molecule has 4 atom stereocenters. The average molecular weight is 643 g/mol. The number of aliphatic hydroxyl groups is 1. The van der Waals surface area contributed by atoms with Gasteiger partial charge in [-0.05, 0) is 43.2 Å². The maximum atomic E-state index is 13.8. The summed E-state index contributed by atoms with van der Waals surface area (Å²) in [5, 5.41) is 25.2. The Hall–Kier alpha value is -3.31. The molecule has 1 aliphatic rings. The Morgan fingerprint density at radius 1 is 0.978 bits per heavy atom. The lowest BCUT2D eigenvalue weighted by Gasteiger charge is -2.35. The minimum absolute atomic E-state index is 0.0309. The second-order valence-electron chi connectivity index (χ2n) is 13.3. The van der Waals surface area contributed by atoms with Gasteiger partial charge in [0.15, 0.2) is 0 Å². The van der Waals surface area contributed by atoms with E-state index in [1.807, 2.05) is 64.4 Å². The first-order chi connectivity index (χ1) is 21.3. The number of carbonyl (C=O) groups excluding carboxylic acids is 3. The first kappa shape index (κ1) is 36.2. The second kappa shape index (κ2) is 16.8. The summed E-state index contributed by atoms with van der Waals surface area (Å²) in [4.78, 5) is 57.6. The summed E-state index contributed by atoms with van der Waals surface area (Å²) in [6.45, 7) is 9.52. The maximum absolute atomic E-state index is 13.8. The highest BCUT2D eigenvalue weighted by atomic mass is 32.1. The molecule has 0 bridgehead atoms. The zero-order chi connectivity index (χ0) is 33.1. The van der Waals surface area contributed by atoms with Crippen molar-refractivity contribution in [2.45, 2.75) is 123 Å². The summed E-state index contributed by atoms with van der Waals surface area (Å²) >= 11 is 1.58. The van der Waals surface area contributed by atoms with Crippen LogP contribution in [0.5, 0.6) is 0 Å². The third-order valence-electron chi connectivity index (χ3n) is 8.35. The van der Waals surface area contributed by atoms with Crippen LogP contribution in [0.25, 0.3) is 10.4 Å². The summed E-state index contributed by atoms with van der Waals surface area (Å²) < 4.78 is 0. The molecule has 1 aromatic carbocycles. The SMILES string of the molecule is Cc1ncsc1-c1ccc([C@H](C)NC(=O)[C@@H]2C[C@@H](O)CN2C(=O)[C@@H](NC(=O)CCCCCCCCCC(=O)O)C(C)(C)C)cc1. The molecule has 45 heavy (non-hydrogen) atoms. The Morgan fingerprint density at radius 2 is 1.58 bits per heavy atom. The molecule has 11 heteroatoms. The number of nitrogens with one attached hydrogen (secondary N) is 2. The number of nitrogens with zero attached hydrogens (tertiary/aromatic N) is 2. The van der Waals surface area contributed by atoms with E-state index in [0.29, 0.717) is 19.3 Å². The largest absolute Gasteiger partial charge is 0.481 e. The lowest BCUT2D eigenvalue weighted by atomic mass is 9.85. The lowest BCUT2D eigenvalue weighted by molar-refractivity contribution is -0.144. The fraction of sp³-hybridized carbons (Fsp3) is 0.618. The van der Waals surface area contributed by atoms with Gasteiger partial charge in [-0.3, -0.25) is 19.2 Å². The smallest absolute Gasteiger partial charge is 0.303 e. The van der Waals surface area contributed by atoms with Gasteiger partial charge >= 0.3 is 5.97 Å². The molecule has 2 aromatic rings. The minimum atomic E-state index is -0.847. The van der Waals surface area contributed by atoms with Crippen LogP contribution in [0.2, 0.25) is 0 Å². The van der Waals surface area contributed by atoms with Crippen LogP contribution in [0.1, 0.15) is 109 Å². The number of carboxylic acid groups (broad SMARTS) is 1. The van der Waals surface area contributed by atoms with E-state index < -0.39 is 29.6 Å². The Balaban J connectivity index is 1.54. The summed E-state index contributed by atoms with van der Waals surface area (Å²) in [6, 6.07) is 5.96. The van der Waals surface area contributed by atoms with Gasteiger partial charge in [-0.15, -0.1) is 11.3 Å². The molecule has 1 aromatic heterocycles. The summed E-state index contributed by atoms with van der Waals surface area (Å²) in [7, 11) is 0. The molecule has 0 radical (unpaired) electrons. The molecule has 3 rings (SSSR count). The van der Waals surface area contributed by atoms with Crippen molar-refractivity contribution in [2.75, 3.05) is 6.54 Å². The Labute approximate surface area is 271 Å². The zero-order valence-corrected chi connectivity index (χ0v) is 28.1. The number of benzene rings is 1. The molecule has 3 amide bonds. The first-order valence-corrected chi connectivity index (χ1v) is 17.0. The number of aryl methyl sites for hydroxylation is 1. The topological polar surface area (TPSA) is 149 Å². The van der Waals surface area contributed by atoms with E-state index in [1.54, 1.807) is 11.3 Å². The molecule has 248 valence electrons. The number of amides is 3. The van der Waals surface area contributed by atoms with Gasteiger partial charge in [0.25, 0.3) is 0 Å². The molecular weight excluding hydrogens is 592 g/mol. The van der Waals surface area contributed by atoms with E-state index >= 15 is 0 Å². The van der Waals surface area contributed by atoms with Gasteiger partial charge in [0.05, 0.1) is 28.2 Å². The highest BCUT2D eigenvalue weighted by Crippen LogP contribution is 2.29. The third-order valence-corrected chi connectivity index (χ3v) is 9.33. The summed E-state index contributed by atoms with van der Waals surface area (Å²) in [5.41, 5.74) is 4.17. The van der Waals surface area contributed by atoms with Gasteiger partial charge in [-0.25, -0.2) is 4.98 Å². The Morgan fingerprint density at radius 3 is 2.13 bits per heavy atom. The van der Waals surface area contributed by atoms with Gasteiger partial charge in [0.1, 0.15) is 12.1 Å². The van der Waals surface area contributed by atoms with Crippen molar-refractivity contribution >= 4 is 35.0 Å². The van der Waals surface area contributed by atoms with E-state index in [0.717, 1.165) is 53.8 Å². The van der Waals surface area contributed by atoms with Crippen molar-refractivity contribution in [1.29, 1.82) is 0 Å². The molecule has 2 heterocycles. The van der Waals surface area contributed by atoms with Crippen LogP contribution in [0, 0.1) is 12.3 Å². The molecular formula is C34H50N4O6S. The van der Waals surface area contributed by atoms with Gasteiger partial charge in [-0.2, -0.15) is 0 Å². The van der Waals surface area contributed by atoms with Crippen LogP contribution >= 0.6 is 11.3 Å². The van der Waals surface area contributed by atoms with E-state index in [9.17, 15) is 24.3 Å². The fourth-order valence-corrected chi connectivity index (χ4v) is 6.51. The summed E-state index contributed by atoms with van der Waals surface area (Å²) in [6.07, 6.45) is 5.92. The minimum Gasteiger partial charge on any atom is -0.481 e. The number of carboxylic acids is 1. The fourth-order valence-electron chi connectivity index (χ4n) is 5.69. The molecule has 1 aliphatic heterocycles. The Bertz CT molecular complexity index is 1290. The molecule has 0 saturated carbocycles. The number of likely N-dealkylation sites (tertiary alicyclic amines) is 1. The van der Waals surface area contributed by atoms with Gasteiger partial charge in [0, 0.05) is 25.8 Å². The number of rotatable bonds is 16. The van der Waals surface area contributed by atoms with E-state index in [2.05, 4.69) is 15.6 Å². The number of β-amino-alcohol motifs (C(OH)–C–C–N with tert-alkyl or cyclic N) is 1. The van der Waals surface area contributed by atoms with Crippen molar-refractivity contribution in [3.8, 4) is 10.4 Å². The highest BCUT2D eigenvalue weighted by Gasteiger charge is 2.44. The van der Waals surface area contributed by atoms with E-state index in [1.165, 1.54) is 4.90 Å². The van der Waals surface area contributed by atoms with E-state index in [4.69, 9.17) is 5.11 Å². The number of thiazole rings is 1. The first-order valence-electron chi connectivity index (χ1n) is 16.1. The van der Waals surface area contributed by atoms with Crippen LogP contribution in [0.15, 0.2) is 29.8 Å². The Kier molecular flexibility index (Phi) is 13.5. The molecule has 0 unspecified atom stereocenters. The van der Waals surface area contributed by atoms with Crippen molar-refractivity contribution in [3.63, 3.8) is 0 Å². The number of aromatic nitrogens is 1. The van der Waals surface area contributed by atoms with Crippen LogP contribution < -0.4 is 10.6 Å². The van der Waals surface area contributed by atoms with Crippen LogP contribution in [-0.4, -0.2) is 68.5 Å². The van der Waals surface area contributed by atoms with Crippen molar-refractivity contribution in [3.05, 3.63) is 41.0 Å². The maximum Gasteiger partial charge on any atom is 0.303 e. The quantitative estimate of drug-likeness (QED) is 0.180. The van der Waals surface area contributed by atoms with Gasteiger partial charge < -0.3 is 25.7 Å². The van der Waals surface area contributed by atoms with Crippen molar-refractivity contribution in [2.24, 2.45) is 5.41 Å². The second-order valence-corrected chi connectivity index (χ2v) is 14.1. The van der Waals surface area contributed by atoms with Crippen LogP contribution in [0.3, 0.4) is 0 Å². The molecule has 0 spiro atoms. The van der Waals surface area contributed by atoms with Gasteiger partial charge in [-0.1, -0.05) is 77.1 Å². The highest BCUT2D eigenvalue weighted by molar-refractivity contribution is 7.13. The zero-order valence-electron chi connectivity index (χ0n) is 27.3. The molecule has 0 aliphatic carbocycles. The van der Waals surface area contributed by atoms with Crippen molar-refractivity contribution < 1.29 is 29.4 Å². The predicted octanol–water partition coefficient (Wildman–Crippen LogP) is 5.38. The lowest BCUT2D eigenvalue weighted by Crippen LogP contribution is -2.57. The molecule has 1 fully saturated rings. The average Bonchev–Trinajstić information content (AvgIpc) is 3.59. The monoisotopic (exact) mass is 642 g/mol. The van der Waals surface area contributed by atoms with E-state index in [-0.39, 0.29) is 43.1 Å². The predicted molar refractivity (Wildman–Crippen MR) is 176 cm³/mol. The molecule has 10 nitrogen and oxygen atoms in total. The number of carbonyl (C=O) groups is 4. The summed E-state index contributed by atoms with van der Waals surface area (Å²) in [5.74, 6) is -1.68. The van der Waals surface area contributed by atoms with Crippen LogP contribution in [0.4, 0.5) is 0 Å². The third kappa shape index (κ3) is 10.9. The number of hydrogen-bond acceptors (Lipinski definition) is 7. The number of hydrogen-bond donors (Lipinski definition) is 4. The molecule has 4 N–H and O–H groups in total. The number of aliphatic carboxylic acids is 1. The van der Waals surface area contributed by atoms with Crippen LogP contribution in [-0.2, 0) is 19.2 Å². The standard InChI is InChI=1S/C34H50N4O6S/c1-22(24-15-17-25(18-16-24)30-23(2)35-21-45-30)36-32(43)27-19-26(39)20-38(27)33(44)31(34(3,4)5)37-28(40)13-11-9-7-6-8-10-12-14-29(41)42/h15-18,21-22,26-27,31,39H,6-14,19-20H2,1-5H3,(H,36,43)(H,37,40)(H,41,42)/t22-,26+,27-,31+/m0/s1. The molecule has 1 saturated heterocycles. The number of aliphatic hydroxyl groups excluding tert-OH is 1. The van der Waals surface area contributed by atoms with Crippen molar-refractivity contribution in [1.82, 2.24) is 20.5 Å².